The molecule has 0 unspecified atom stereocenters. The molecule has 2 N–H and O–H groups in total. The third-order valence-electron chi connectivity index (χ3n) is 10.0. The van der Waals surface area contributed by atoms with Gasteiger partial charge in [0.15, 0.2) is 5.78 Å². The molecule has 5 rings (SSSR count). The van der Waals surface area contributed by atoms with Crippen LogP contribution in [0, 0.1) is 39.5 Å². The second kappa shape index (κ2) is 13.7. The Bertz CT molecular complexity index is 2100. The minimum absolute atomic E-state index is 0.0311. The summed E-state index contributed by atoms with van der Waals surface area (Å²) in [6, 6.07) is 10.0. The van der Waals surface area contributed by atoms with E-state index in [9.17, 15) is 19.5 Å². The number of amides is 2. The zero-order valence-corrected chi connectivity index (χ0v) is 31.6. The second-order valence-corrected chi connectivity index (χ2v) is 14.4. The van der Waals surface area contributed by atoms with Crippen molar-refractivity contribution in [3.8, 4) is 0 Å². The Morgan fingerprint density at radius 1 is 0.740 bits per heavy atom. The summed E-state index contributed by atoms with van der Waals surface area (Å²) in [5.41, 5.74) is 9.37. The second-order valence-electron chi connectivity index (χ2n) is 14.4. The summed E-state index contributed by atoms with van der Waals surface area (Å²) in [4.78, 5) is 43.1. The fourth-order valence-electron chi connectivity index (χ4n) is 6.67. The Morgan fingerprint density at radius 3 is 1.78 bits per heavy atom. The van der Waals surface area contributed by atoms with Crippen molar-refractivity contribution < 1.29 is 24.1 Å². The van der Waals surface area contributed by atoms with E-state index in [0.29, 0.717) is 22.5 Å². The number of benzene rings is 3. The highest BCUT2D eigenvalue weighted by Crippen LogP contribution is 2.49. The van der Waals surface area contributed by atoms with Crippen LogP contribution in [0.2, 0.25) is 0 Å². The first-order valence-corrected chi connectivity index (χ1v) is 17.6. The average molecular weight is 675 g/mol. The van der Waals surface area contributed by atoms with Gasteiger partial charge in [0.2, 0.25) is 17.5 Å². The lowest BCUT2D eigenvalue weighted by Crippen LogP contribution is -2.36. The number of anilines is 2. The van der Waals surface area contributed by atoms with Gasteiger partial charge in [0, 0.05) is 65.4 Å². The van der Waals surface area contributed by atoms with Crippen molar-refractivity contribution in [3.63, 3.8) is 0 Å². The van der Waals surface area contributed by atoms with Gasteiger partial charge in [-0.25, -0.2) is 4.58 Å². The van der Waals surface area contributed by atoms with Crippen LogP contribution >= 0.6 is 0 Å². The van der Waals surface area contributed by atoms with Gasteiger partial charge >= 0.3 is 0 Å². The number of rotatable bonds is 8. The van der Waals surface area contributed by atoms with Gasteiger partial charge in [0.25, 0.3) is 0 Å². The molecule has 0 atom stereocenters. The standard InChI is InChI=1S/C42H50N4O4/c1-13-46(14-2)34-20-32(44-42(50)22(5)6)36(30-18-26(10)24(8)16-28(30)34)38-39(47)37(40(38)48)35-29-17-25(9)23(7)15-27(29)33(45(11)12)19-31(35)43-41(49)21(3)4/h15-22H,13-14H2,1-12H3,(H2,43,44,47,48,49,50). The number of hydrogen-bond donors (Lipinski definition) is 2. The molecule has 0 radical (unpaired) electrons. The van der Waals surface area contributed by atoms with Crippen molar-refractivity contribution >= 4 is 56.6 Å². The average Bonchev–Trinajstić information content (AvgIpc) is 3.05. The molecule has 0 bridgehead atoms. The van der Waals surface area contributed by atoms with E-state index in [1.54, 1.807) is 13.8 Å². The third-order valence-corrected chi connectivity index (χ3v) is 10.0. The zero-order valence-electron chi connectivity index (χ0n) is 31.6. The number of hydrogen-bond acceptors (Lipinski definition) is 5. The molecule has 2 aliphatic rings. The molecule has 3 aromatic rings. The van der Waals surface area contributed by atoms with Gasteiger partial charge in [-0.15, -0.1) is 0 Å². The number of ketones is 1. The largest absolute Gasteiger partial charge is 0.871 e. The lowest BCUT2D eigenvalue weighted by Gasteiger charge is -2.37. The molecule has 262 valence electrons. The fourth-order valence-corrected chi connectivity index (χ4v) is 6.67. The highest BCUT2D eigenvalue weighted by Gasteiger charge is 2.39. The maximum Gasteiger partial charge on any atom is 0.226 e. The Labute approximate surface area is 296 Å². The van der Waals surface area contributed by atoms with E-state index >= 15 is 0 Å². The molecular weight excluding hydrogens is 624 g/mol. The summed E-state index contributed by atoms with van der Waals surface area (Å²) in [6.45, 7) is 21.0. The maximum absolute atomic E-state index is 14.7. The molecule has 8 heteroatoms. The van der Waals surface area contributed by atoms with E-state index in [1.807, 2.05) is 84.8 Å². The first kappa shape index (κ1) is 36.3. The Kier molecular flexibility index (Phi) is 9.97. The van der Waals surface area contributed by atoms with Crippen molar-refractivity contribution in [3.05, 3.63) is 92.4 Å². The normalized spacial score (nSPS) is 15.8. The van der Waals surface area contributed by atoms with Crippen LogP contribution in [-0.4, -0.2) is 55.1 Å². The lowest BCUT2D eigenvalue weighted by molar-refractivity contribution is -0.519. The fraction of sp³-hybridized carbons (Fsp3) is 0.381. The van der Waals surface area contributed by atoms with Crippen LogP contribution in [0.4, 0.5) is 11.4 Å². The Morgan fingerprint density at radius 2 is 1.26 bits per heavy atom. The predicted molar refractivity (Wildman–Crippen MR) is 202 cm³/mol. The van der Waals surface area contributed by atoms with Gasteiger partial charge in [-0.1, -0.05) is 45.6 Å². The maximum atomic E-state index is 14.7. The van der Waals surface area contributed by atoms with E-state index < -0.39 is 11.5 Å². The van der Waals surface area contributed by atoms with Crippen molar-refractivity contribution in [1.82, 2.24) is 5.32 Å². The van der Waals surface area contributed by atoms with Crippen molar-refractivity contribution in [2.75, 3.05) is 37.4 Å². The SMILES string of the molecule is CC[N+](CC)=C1C=C(NC(=O)C(C)C)/C(=C2/C(=O)C(c3c(NC(=O)C(C)C)cc(N(C)C)c4cc(C)c(C)cc34)=C2[O-])c2cc(C)c(C)cc21. The van der Waals surface area contributed by atoms with Gasteiger partial charge in [0.05, 0.1) is 16.9 Å². The van der Waals surface area contributed by atoms with E-state index in [0.717, 1.165) is 68.6 Å². The molecule has 0 aromatic heterocycles. The zero-order chi connectivity index (χ0) is 36.9. The number of nitrogens with zero attached hydrogens (tertiary/aromatic N) is 2. The molecule has 0 spiro atoms. The highest BCUT2D eigenvalue weighted by atomic mass is 16.3. The van der Waals surface area contributed by atoms with Gasteiger partial charge in [-0.3, -0.25) is 14.4 Å². The van der Waals surface area contributed by atoms with Gasteiger partial charge in [0.1, 0.15) is 13.1 Å². The number of carbonyl (C=O) groups excluding carboxylic acids is 3. The number of nitrogens with one attached hydrogen (secondary N) is 2. The Balaban J connectivity index is 1.91. The van der Waals surface area contributed by atoms with Crippen LogP contribution < -0.4 is 20.6 Å². The summed E-state index contributed by atoms with van der Waals surface area (Å²) in [7, 11) is 3.86. The first-order chi connectivity index (χ1) is 23.5. The summed E-state index contributed by atoms with van der Waals surface area (Å²) in [5, 5.41) is 22.4. The summed E-state index contributed by atoms with van der Waals surface area (Å²) in [6.07, 6.45) is 1.91. The molecule has 8 nitrogen and oxygen atoms in total. The highest BCUT2D eigenvalue weighted by molar-refractivity contribution is 6.44. The molecule has 0 saturated heterocycles. The van der Waals surface area contributed by atoms with Crippen LogP contribution in [0.5, 0.6) is 0 Å². The molecule has 50 heavy (non-hydrogen) atoms. The third kappa shape index (κ3) is 6.16. The molecule has 0 aliphatic heterocycles. The van der Waals surface area contributed by atoms with Crippen LogP contribution in [0.15, 0.2) is 53.4 Å². The van der Waals surface area contributed by atoms with Gasteiger partial charge < -0.3 is 20.6 Å². The van der Waals surface area contributed by atoms with Gasteiger partial charge in [-0.2, -0.15) is 0 Å². The minimum atomic E-state index is -0.414. The van der Waals surface area contributed by atoms with E-state index in [1.165, 1.54) is 0 Å². The Hall–Kier alpha value is -4.98. The summed E-state index contributed by atoms with van der Waals surface area (Å²) in [5.74, 6) is -1.90. The number of allylic oxidation sites excluding steroid dienone is 4. The molecule has 2 aliphatic carbocycles. The van der Waals surface area contributed by atoms with E-state index in [-0.39, 0.29) is 34.8 Å². The summed E-state index contributed by atoms with van der Waals surface area (Å²) >= 11 is 0. The molecule has 0 saturated carbocycles. The van der Waals surface area contributed by atoms with Crippen LogP contribution in [-0.2, 0) is 14.4 Å². The number of carbonyl (C=O) groups is 3. The summed E-state index contributed by atoms with van der Waals surface area (Å²) < 4.78 is 2.21. The quantitative estimate of drug-likeness (QED) is 0.214. The van der Waals surface area contributed by atoms with Crippen LogP contribution in [0.3, 0.4) is 0 Å². The minimum Gasteiger partial charge on any atom is -0.871 e. The van der Waals surface area contributed by atoms with E-state index in [2.05, 4.69) is 41.2 Å². The van der Waals surface area contributed by atoms with Crippen molar-refractivity contribution in [2.24, 2.45) is 11.8 Å². The smallest absolute Gasteiger partial charge is 0.226 e. The number of aryl methyl sites for hydroxylation is 4. The molecule has 0 heterocycles. The molecule has 3 aromatic carbocycles. The van der Waals surface area contributed by atoms with Crippen molar-refractivity contribution in [1.29, 1.82) is 0 Å². The number of fused-ring (bicyclic) bond motifs is 2. The lowest BCUT2D eigenvalue weighted by atomic mass is 9.74. The van der Waals surface area contributed by atoms with Crippen molar-refractivity contribution in [2.45, 2.75) is 69.2 Å². The number of Topliss-reactive ketones (excluding diaryl/α,β-unsaturated/α-hetero) is 1. The van der Waals surface area contributed by atoms with Gasteiger partial charge in [-0.05, 0) is 92.9 Å². The molecular formula is C42H50N4O4. The van der Waals surface area contributed by atoms with E-state index in [4.69, 9.17) is 0 Å². The topological polar surface area (TPSA) is 105 Å². The molecule has 0 fully saturated rings. The van der Waals surface area contributed by atoms with Crippen LogP contribution in [0.1, 0.15) is 80.5 Å². The monoisotopic (exact) mass is 674 g/mol. The first-order valence-electron chi connectivity index (χ1n) is 17.6. The predicted octanol–water partition coefficient (Wildman–Crippen LogP) is 6.35. The van der Waals surface area contributed by atoms with Crippen LogP contribution in [0.25, 0.3) is 21.9 Å². The molecule has 2 amide bonds.